The number of carbonyl (C=O) groups excluding carboxylic acids is 1. The molecular formula is C13H18N4O2S. The molecule has 0 aliphatic carbocycles. The van der Waals surface area contributed by atoms with E-state index in [1.54, 1.807) is 6.07 Å². The predicted octanol–water partition coefficient (Wildman–Crippen LogP) is 1.77. The number of aromatic nitrogens is 2. The Balaban J connectivity index is 1.96. The van der Waals surface area contributed by atoms with E-state index in [4.69, 9.17) is 4.52 Å². The van der Waals surface area contributed by atoms with Crippen molar-refractivity contribution in [2.24, 2.45) is 0 Å². The maximum absolute atomic E-state index is 11.9. The van der Waals surface area contributed by atoms with Gasteiger partial charge in [-0.25, -0.2) is 0 Å². The zero-order chi connectivity index (χ0) is 14.5. The van der Waals surface area contributed by atoms with Crippen molar-refractivity contribution in [2.45, 2.75) is 32.4 Å². The zero-order valence-corrected chi connectivity index (χ0v) is 12.5. The minimum Gasteiger partial charge on any atom is -0.340 e. The number of hydrogen-bond acceptors (Lipinski definition) is 6. The van der Waals surface area contributed by atoms with E-state index in [-0.39, 0.29) is 18.0 Å². The van der Waals surface area contributed by atoms with Crippen LogP contribution in [0.1, 0.15) is 41.3 Å². The Morgan fingerprint density at radius 2 is 2.30 bits per heavy atom. The van der Waals surface area contributed by atoms with Crippen LogP contribution in [-0.2, 0) is 6.42 Å². The quantitative estimate of drug-likeness (QED) is 0.849. The summed E-state index contributed by atoms with van der Waals surface area (Å²) in [6, 6.07) is 3.58. The first-order chi connectivity index (χ1) is 9.60. The predicted molar refractivity (Wildman–Crippen MR) is 76.7 cm³/mol. The minimum absolute atomic E-state index is 0.129. The molecule has 108 valence electrons. The highest BCUT2D eigenvalue weighted by atomic mass is 32.1. The Morgan fingerprint density at radius 1 is 1.50 bits per heavy atom. The van der Waals surface area contributed by atoms with Gasteiger partial charge in [0.15, 0.2) is 5.82 Å². The van der Waals surface area contributed by atoms with E-state index in [1.165, 1.54) is 11.3 Å². The molecule has 2 atom stereocenters. The molecule has 0 bridgehead atoms. The molecule has 0 saturated carbocycles. The molecule has 2 unspecified atom stereocenters. The highest BCUT2D eigenvalue weighted by molar-refractivity contribution is 7.12. The van der Waals surface area contributed by atoms with Gasteiger partial charge in [-0.3, -0.25) is 4.79 Å². The molecule has 0 radical (unpaired) electrons. The normalized spacial score (nSPS) is 13.9. The molecule has 0 aliphatic heterocycles. The molecule has 2 aromatic rings. The molecule has 2 rings (SSSR count). The van der Waals surface area contributed by atoms with Crippen LogP contribution in [-0.4, -0.2) is 29.1 Å². The number of amides is 1. The van der Waals surface area contributed by atoms with Crippen LogP contribution in [0.25, 0.3) is 0 Å². The van der Waals surface area contributed by atoms with Gasteiger partial charge >= 0.3 is 0 Å². The molecule has 0 fully saturated rings. The summed E-state index contributed by atoms with van der Waals surface area (Å²) >= 11 is 1.40. The van der Waals surface area contributed by atoms with Crippen molar-refractivity contribution < 1.29 is 9.32 Å². The highest BCUT2D eigenvalue weighted by Crippen LogP contribution is 2.14. The lowest BCUT2D eigenvalue weighted by molar-refractivity contribution is 0.0936. The lowest BCUT2D eigenvalue weighted by atomic mass is 10.2. The van der Waals surface area contributed by atoms with E-state index in [9.17, 15) is 4.79 Å². The second-order valence-electron chi connectivity index (χ2n) is 4.62. The summed E-state index contributed by atoms with van der Waals surface area (Å²) in [5, 5.41) is 11.7. The first-order valence-corrected chi connectivity index (χ1v) is 7.32. The van der Waals surface area contributed by atoms with Crippen LogP contribution in [0.5, 0.6) is 0 Å². The molecule has 20 heavy (non-hydrogen) atoms. The second-order valence-corrected chi connectivity index (χ2v) is 5.56. The van der Waals surface area contributed by atoms with Gasteiger partial charge < -0.3 is 15.2 Å². The Morgan fingerprint density at radius 3 is 2.95 bits per heavy atom. The van der Waals surface area contributed by atoms with Gasteiger partial charge in [-0.15, -0.1) is 11.3 Å². The van der Waals surface area contributed by atoms with E-state index in [2.05, 4.69) is 20.8 Å². The standard InChI is InChI=1S/C13H18N4O2S/c1-8(14-3)7-11-16-13(19-17-11)9(2)15-12(18)10-5-4-6-20-10/h4-6,8-9,14H,7H2,1-3H3,(H,15,18). The number of rotatable bonds is 6. The van der Waals surface area contributed by atoms with E-state index in [0.717, 1.165) is 0 Å². The van der Waals surface area contributed by atoms with E-state index in [1.807, 2.05) is 32.3 Å². The Labute approximate surface area is 121 Å². The fraction of sp³-hybridized carbons (Fsp3) is 0.462. The maximum atomic E-state index is 11.9. The van der Waals surface area contributed by atoms with Crippen molar-refractivity contribution >= 4 is 17.2 Å². The number of hydrogen-bond donors (Lipinski definition) is 2. The van der Waals surface area contributed by atoms with Gasteiger partial charge in [0.05, 0.1) is 4.88 Å². The zero-order valence-electron chi connectivity index (χ0n) is 11.7. The molecule has 2 N–H and O–H groups in total. The minimum atomic E-state index is -0.309. The number of likely N-dealkylation sites (N-methyl/N-ethyl adjacent to an activating group) is 1. The van der Waals surface area contributed by atoms with Crippen LogP contribution in [0.4, 0.5) is 0 Å². The summed E-state index contributed by atoms with van der Waals surface area (Å²) in [6.45, 7) is 3.86. The average Bonchev–Trinajstić information content (AvgIpc) is 3.09. The Hall–Kier alpha value is -1.73. The fourth-order valence-electron chi connectivity index (χ4n) is 1.64. The van der Waals surface area contributed by atoms with Crippen molar-refractivity contribution in [3.8, 4) is 0 Å². The van der Waals surface area contributed by atoms with Crippen LogP contribution in [0.15, 0.2) is 22.0 Å². The molecule has 1 amide bonds. The van der Waals surface area contributed by atoms with E-state index in [0.29, 0.717) is 23.0 Å². The number of carbonyl (C=O) groups is 1. The largest absolute Gasteiger partial charge is 0.340 e. The van der Waals surface area contributed by atoms with Gasteiger partial charge in [0.25, 0.3) is 5.91 Å². The monoisotopic (exact) mass is 294 g/mol. The average molecular weight is 294 g/mol. The van der Waals surface area contributed by atoms with Crippen LogP contribution in [0.2, 0.25) is 0 Å². The second kappa shape index (κ2) is 6.62. The molecule has 0 saturated heterocycles. The maximum Gasteiger partial charge on any atom is 0.261 e. The lowest BCUT2D eigenvalue weighted by Crippen LogP contribution is -2.26. The topological polar surface area (TPSA) is 80.0 Å². The highest BCUT2D eigenvalue weighted by Gasteiger charge is 2.18. The van der Waals surface area contributed by atoms with E-state index >= 15 is 0 Å². The van der Waals surface area contributed by atoms with Crippen LogP contribution >= 0.6 is 11.3 Å². The summed E-state index contributed by atoms with van der Waals surface area (Å²) in [7, 11) is 1.88. The molecular weight excluding hydrogens is 276 g/mol. The summed E-state index contributed by atoms with van der Waals surface area (Å²) in [5.41, 5.74) is 0. The van der Waals surface area contributed by atoms with Gasteiger partial charge in [-0.1, -0.05) is 11.2 Å². The molecule has 2 heterocycles. The van der Waals surface area contributed by atoms with Gasteiger partial charge in [-0.2, -0.15) is 4.98 Å². The summed E-state index contributed by atoms with van der Waals surface area (Å²) in [6.07, 6.45) is 0.686. The first kappa shape index (κ1) is 14.7. The number of thiophene rings is 1. The number of nitrogens with one attached hydrogen (secondary N) is 2. The smallest absolute Gasteiger partial charge is 0.261 e. The van der Waals surface area contributed by atoms with Gasteiger partial charge in [0, 0.05) is 12.5 Å². The third-order valence-corrected chi connectivity index (χ3v) is 3.80. The molecule has 0 aromatic carbocycles. The van der Waals surface area contributed by atoms with Gasteiger partial charge in [0.2, 0.25) is 5.89 Å². The van der Waals surface area contributed by atoms with Crippen LogP contribution in [0, 0.1) is 0 Å². The number of nitrogens with zero attached hydrogens (tertiary/aromatic N) is 2. The van der Waals surface area contributed by atoms with Crippen molar-refractivity contribution in [3.63, 3.8) is 0 Å². The molecule has 0 aliphatic rings. The lowest BCUT2D eigenvalue weighted by Gasteiger charge is -2.08. The molecule has 7 heteroatoms. The Kier molecular flexibility index (Phi) is 4.86. The molecule has 6 nitrogen and oxygen atoms in total. The molecule has 2 aromatic heterocycles. The SMILES string of the molecule is CNC(C)Cc1noc(C(C)NC(=O)c2cccs2)n1. The summed E-state index contributed by atoms with van der Waals surface area (Å²) in [4.78, 5) is 16.9. The third kappa shape index (κ3) is 3.64. The fourth-order valence-corrected chi connectivity index (χ4v) is 2.27. The van der Waals surface area contributed by atoms with Crippen molar-refractivity contribution in [3.05, 3.63) is 34.1 Å². The molecule has 0 spiro atoms. The van der Waals surface area contributed by atoms with Crippen molar-refractivity contribution in [2.75, 3.05) is 7.05 Å². The summed E-state index contributed by atoms with van der Waals surface area (Å²) in [5.74, 6) is 0.933. The van der Waals surface area contributed by atoms with Gasteiger partial charge in [0.1, 0.15) is 6.04 Å². The van der Waals surface area contributed by atoms with Gasteiger partial charge in [-0.05, 0) is 32.3 Å². The van der Waals surface area contributed by atoms with Crippen molar-refractivity contribution in [1.82, 2.24) is 20.8 Å². The van der Waals surface area contributed by atoms with Crippen molar-refractivity contribution in [1.29, 1.82) is 0 Å². The van der Waals surface area contributed by atoms with Crippen LogP contribution in [0.3, 0.4) is 0 Å². The third-order valence-electron chi connectivity index (χ3n) is 2.93. The summed E-state index contributed by atoms with van der Waals surface area (Å²) < 4.78 is 5.19. The Bertz CT molecular complexity index is 552. The van der Waals surface area contributed by atoms with E-state index < -0.39 is 0 Å². The first-order valence-electron chi connectivity index (χ1n) is 6.44. The van der Waals surface area contributed by atoms with Crippen LogP contribution < -0.4 is 10.6 Å².